The van der Waals surface area contributed by atoms with Crippen molar-refractivity contribution in [1.82, 2.24) is 0 Å². The molecular formula is C14H20ClNO2S. The molecule has 1 aromatic rings. The zero-order valence-electron chi connectivity index (χ0n) is 11.3. The van der Waals surface area contributed by atoms with Crippen molar-refractivity contribution >= 4 is 21.4 Å². The Kier molecular flexibility index (Phi) is 3.96. The smallest absolute Gasteiger partial charge is 0.182 e. The summed E-state index contributed by atoms with van der Waals surface area (Å²) in [6, 6.07) is 6.09. The topological polar surface area (TPSA) is 60.2 Å². The van der Waals surface area contributed by atoms with E-state index in [9.17, 15) is 8.42 Å². The number of benzene rings is 1. The van der Waals surface area contributed by atoms with E-state index in [1.54, 1.807) is 18.2 Å². The van der Waals surface area contributed by atoms with Crippen LogP contribution in [0.5, 0.6) is 0 Å². The predicted molar refractivity (Wildman–Crippen MR) is 78.0 cm³/mol. The molecule has 0 amide bonds. The number of hydrogen-bond donors (Lipinski definition) is 1. The van der Waals surface area contributed by atoms with Crippen LogP contribution in [-0.2, 0) is 9.84 Å². The minimum absolute atomic E-state index is 0.144. The average molecular weight is 302 g/mol. The zero-order chi connectivity index (χ0) is 14.3. The van der Waals surface area contributed by atoms with E-state index in [0.717, 1.165) is 12.8 Å². The maximum Gasteiger partial charge on any atom is 0.182 e. The standard InChI is InChI=1S/C14H20ClNO2S/c1-14(2)8-4-7-12(13(14)16)19(17,18)11-6-3-5-10(15)9-11/h3,5-6,9,12-13H,4,7-8,16H2,1-2H3. The van der Waals surface area contributed by atoms with E-state index >= 15 is 0 Å². The molecule has 5 heteroatoms. The molecule has 1 aromatic carbocycles. The lowest BCUT2D eigenvalue weighted by Gasteiger charge is -2.41. The molecule has 2 N–H and O–H groups in total. The van der Waals surface area contributed by atoms with E-state index in [-0.39, 0.29) is 16.4 Å². The SMILES string of the molecule is CC1(C)CCCC(S(=O)(=O)c2cccc(Cl)c2)C1N. The van der Waals surface area contributed by atoms with E-state index in [0.29, 0.717) is 11.4 Å². The molecule has 2 rings (SSSR count). The molecule has 0 saturated heterocycles. The van der Waals surface area contributed by atoms with E-state index < -0.39 is 15.1 Å². The van der Waals surface area contributed by atoms with Crippen molar-refractivity contribution in [2.45, 2.75) is 49.3 Å². The Morgan fingerprint density at radius 2 is 2.05 bits per heavy atom. The van der Waals surface area contributed by atoms with Gasteiger partial charge >= 0.3 is 0 Å². The average Bonchev–Trinajstić information content (AvgIpc) is 2.32. The van der Waals surface area contributed by atoms with Crippen LogP contribution in [-0.4, -0.2) is 19.7 Å². The highest BCUT2D eigenvalue weighted by Gasteiger charge is 2.43. The van der Waals surface area contributed by atoms with Crippen LogP contribution < -0.4 is 5.73 Å². The fourth-order valence-electron chi connectivity index (χ4n) is 2.78. The van der Waals surface area contributed by atoms with Crippen LogP contribution in [0.1, 0.15) is 33.1 Å². The molecule has 0 spiro atoms. The fraction of sp³-hybridized carbons (Fsp3) is 0.571. The third-order valence-electron chi connectivity index (χ3n) is 4.14. The van der Waals surface area contributed by atoms with Gasteiger partial charge in [-0.25, -0.2) is 8.42 Å². The van der Waals surface area contributed by atoms with Gasteiger partial charge in [-0.05, 0) is 36.5 Å². The van der Waals surface area contributed by atoms with E-state index in [1.807, 2.05) is 13.8 Å². The van der Waals surface area contributed by atoms with Crippen LogP contribution in [0.15, 0.2) is 29.2 Å². The van der Waals surface area contributed by atoms with Crippen LogP contribution in [0.25, 0.3) is 0 Å². The Balaban J connectivity index is 2.40. The normalized spacial score (nSPS) is 27.2. The Morgan fingerprint density at radius 3 is 2.68 bits per heavy atom. The van der Waals surface area contributed by atoms with Gasteiger partial charge in [0.15, 0.2) is 9.84 Å². The van der Waals surface area contributed by atoms with Gasteiger partial charge in [-0.2, -0.15) is 0 Å². The molecule has 0 radical (unpaired) electrons. The van der Waals surface area contributed by atoms with Crippen LogP contribution in [0, 0.1) is 5.41 Å². The second-order valence-electron chi connectivity index (χ2n) is 5.95. The fourth-order valence-corrected chi connectivity index (χ4v) is 5.17. The summed E-state index contributed by atoms with van der Waals surface area (Å²) in [6.07, 6.45) is 2.49. The van der Waals surface area contributed by atoms with Gasteiger partial charge in [0.05, 0.1) is 10.1 Å². The Morgan fingerprint density at radius 1 is 1.37 bits per heavy atom. The predicted octanol–water partition coefficient (Wildman–Crippen LogP) is 3.02. The Labute approximate surface area is 120 Å². The second kappa shape index (κ2) is 5.08. The van der Waals surface area contributed by atoms with E-state index in [1.165, 1.54) is 6.07 Å². The molecule has 19 heavy (non-hydrogen) atoms. The van der Waals surface area contributed by atoms with Crippen LogP contribution in [0.2, 0.25) is 5.02 Å². The summed E-state index contributed by atoms with van der Waals surface area (Å²) in [5, 5.41) is -0.0839. The molecule has 3 nitrogen and oxygen atoms in total. The first kappa shape index (κ1) is 14.8. The van der Waals surface area contributed by atoms with Crippen molar-refractivity contribution in [2.75, 3.05) is 0 Å². The Bertz CT molecular complexity index is 569. The number of rotatable bonds is 2. The molecular weight excluding hydrogens is 282 g/mol. The van der Waals surface area contributed by atoms with Gasteiger partial charge in [0, 0.05) is 11.1 Å². The van der Waals surface area contributed by atoms with Gasteiger partial charge in [-0.3, -0.25) is 0 Å². The highest BCUT2D eigenvalue weighted by molar-refractivity contribution is 7.92. The lowest BCUT2D eigenvalue weighted by molar-refractivity contribution is 0.204. The number of halogens is 1. The molecule has 1 fully saturated rings. The maximum absolute atomic E-state index is 12.7. The summed E-state index contributed by atoms with van der Waals surface area (Å²) >= 11 is 5.89. The maximum atomic E-state index is 12.7. The Hall–Kier alpha value is -0.580. The third kappa shape index (κ3) is 2.81. The van der Waals surface area contributed by atoms with Crippen molar-refractivity contribution in [3.63, 3.8) is 0 Å². The summed E-state index contributed by atoms with van der Waals surface area (Å²) < 4.78 is 25.4. The largest absolute Gasteiger partial charge is 0.326 e. The molecule has 106 valence electrons. The monoisotopic (exact) mass is 301 g/mol. The van der Waals surface area contributed by atoms with Gasteiger partial charge in [-0.15, -0.1) is 0 Å². The van der Waals surface area contributed by atoms with Gasteiger partial charge in [0.25, 0.3) is 0 Å². The first-order valence-electron chi connectivity index (χ1n) is 6.50. The summed E-state index contributed by atoms with van der Waals surface area (Å²) in [4.78, 5) is 0.276. The lowest BCUT2D eigenvalue weighted by atomic mass is 9.73. The van der Waals surface area contributed by atoms with Crippen molar-refractivity contribution < 1.29 is 8.42 Å². The number of hydrogen-bond acceptors (Lipinski definition) is 3. The highest BCUT2D eigenvalue weighted by Crippen LogP contribution is 2.39. The van der Waals surface area contributed by atoms with Crippen LogP contribution >= 0.6 is 11.6 Å². The van der Waals surface area contributed by atoms with Crippen molar-refractivity contribution in [2.24, 2.45) is 11.1 Å². The summed E-state index contributed by atoms with van der Waals surface area (Å²) in [6.45, 7) is 4.08. The molecule has 1 saturated carbocycles. The lowest BCUT2D eigenvalue weighted by Crippen LogP contribution is -2.52. The molecule has 0 aromatic heterocycles. The molecule has 1 aliphatic carbocycles. The molecule has 1 aliphatic rings. The zero-order valence-corrected chi connectivity index (χ0v) is 12.8. The quantitative estimate of drug-likeness (QED) is 0.913. The van der Waals surface area contributed by atoms with Crippen LogP contribution in [0.4, 0.5) is 0 Å². The molecule has 2 unspecified atom stereocenters. The number of sulfone groups is 1. The minimum atomic E-state index is -3.41. The highest BCUT2D eigenvalue weighted by atomic mass is 35.5. The van der Waals surface area contributed by atoms with E-state index in [4.69, 9.17) is 17.3 Å². The summed E-state index contributed by atoms with van der Waals surface area (Å²) in [5.41, 5.74) is 6.06. The summed E-state index contributed by atoms with van der Waals surface area (Å²) in [7, 11) is -3.41. The van der Waals surface area contributed by atoms with Gasteiger partial charge in [0.2, 0.25) is 0 Å². The van der Waals surface area contributed by atoms with Crippen LogP contribution in [0.3, 0.4) is 0 Å². The molecule has 0 aliphatic heterocycles. The summed E-state index contributed by atoms with van der Waals surface area (Å²) in [5.74, 6) is 0. The molecule has 0 bridgehead atoms. The van der Waals surface area contributed by atoms with Crippen molar-refractivity contribution in [1.29, 1.82) is 0 Å². The third-order valence-corrected chi connectivity index (χ3v) is 6.61. The first-order chi connectivity index (χ1) is 8.75. The molecule has 2 atom stereocenters. The van der Waals surface area contributed by atoms with Crippen molar-refractivity contribution in [3.05, 3.63) is 29.3 Å². The van der Waals surface area contributed by atoms with Gasteiger partial charge in [-0.1, -0.05) is 37.9 Å². The van der Waals surface area contributed by atoms with Gasteiger partial charge < -0.3 is 5.73 Å². The second-order valence-corrected chi connectivity index (χ2v) is 8.55. The molecule has 0 heterocycles. The van der Waals surface area contributed by atoms with Crippen molar-refractivity contribution in [3.8, 4) is 0 Å². The van der Waals surface area contributed by atoms with E-state index in [2.05, 4.69) is 0 Å². The van der Waals surface area contributed by atoms with Gasteiger partial charge in [0.1, 0.15) is 0 Å². The minimum Gasteiger partial charge on any atom is -0.326 e. The number of nitrogens with two attached hydrogens (primary N) is 1. The first-order valence-corrected chi connectivity index (χ1v) is 8.42.